The summed E-state index contributed by atoms with van der Waals surface area (Å²) in [7, 11) is 0. The zero-order valence-corrected chi connectivity index (χ0v) is 8.18. The van der Waals surface area contributed by atoms with Gasteiger partial charge in [-0.25, -0.2) is 0 Å². The minimum atomic E-state index is 0.215. The monoisotopic (exact) mass is 179 g/mol. The molecule has 2 nitrogen and oxygen atoms in total. The van der Waals surface area contributed by atoms with Gasteiger partial charge in [0.2, 0.25) is 0 Å². The van der Waals surface area contributed by atoms with Gasteiger partial charge in [-0.3, -0.25) is 0 Å². The van der Waals surface area contributed by atoms with Crippen LogP contribution in [0, 0.1) is 17.8 Å². The molecule has 1 saturated carbocycles. The molecule has 2 atom stereocenters. The Balaban J connectivity index is 1.83. The number of hydrogen-bond acceptors (Lipinski definition) is 2. The molecule has 0 aromatic carbocycles. The van der Waals surface area contributed by atoms with Gasteiger partial charge in [-0.05, 0) is 31.6 Å². The largest absolute Gasteiger partial charge is 0.381 e. The van der Waals surface area contributed by atoms with Gasteiger partial charge in [-0.1, -0.05) is 5.92 Å². The summed E-state index contributed by atoms with van der Waals surface area (Å²) in [6.45, 7) is 3.91. The molecule has 1 aliphatic heterocycles. The average Bonchev–Trinajstić information content (AvgIpc) is 2.79. The molecular weight excluding hydrogens is 162 g/mol. The summed E-state index contributed by atoms with van der Waals surface area (Å²) in [5.41, 5.74) is 0.545. The van der Waals surface area contributed by atoms with Crippen molar-refractivity contribution < 1.29 is 4.74 Å². The van der Waals surface area contributed by atoms with Crippen LogP contribution in [0.5, 0.6) is 0 Å². The summed E-state index contributed by atoms with van der Waals surface area (Å²) in [6.07, 6.45) is 9.04. The smallest absolute Gasteiger partial charge is 0.0660 e. The molecule has 2 unspecified atom stereocenters. The van der Waals surface area contributed by atoms with E-state index in [1.807, 2.05) is 6.92 Å². The first kappa shape index (κ1) is 9.05. The molecule has 2 fully saturated rings. The Labute approximate surface area is 80.0 Å². The lowest BCUT2D eigenvalue weighted by atomic mass is 9.96. The van der Waals surface area contributed by atoms with Crippen molar-refractivity contribution in [2.75, 3.05) is 13.2 Å². The second kappa shape index (κ2) is 3.32. The predicted octanol–water partition coefficient (Wildman–Crippen LogP) is 1.17. The Morgan fingerprint density at radius 2 is 2.23 bits per heavy atom. The van der Waals surface area contributed by atoms with Gasteiger partial charge in [-0.15, -0.1) is 6.42 Å². The van der Waals surface area contributed by atoms with Crippen LogP contribution in [-0.2, 0) is 4.74 Å². The third-order valence-corrected chi connectivity index (χ3v) is 3.38. The molecule has 0 aromatic rings. The molecule has 0 radical (unpaired) electrons. The van der Waals surface area contributed by atoms with Crippen LogP contribution in [0.25, 0.3) is 0 Å². The lowest BCUT2D eigenvalue weighted by molar-refractivity contribution is 0.0541. The summed E-state index contributed by atoms with van der Waals surface area (Å²) in [5, 5.41) is 3.47. The van der Waals surface area contributed by atoms with E-state index < -0.39 is 0 Å². The lowest BCUT2D eigenvalue weighted by Gasteiger charge is -2.23. The van der Waals surface area contributed by atoms with Crippen LogP contribution in [0.15, 0.2) is 0 Å². The van der Waals surface area contributed by atoms with Gasteiger partial charge in [-0.2, -0.15) is 0 Å². The van der Waals surface area contributed by atoms with Crippen molar-refractivity contribution >= 4 is 0 Å². The molecule has 1 N–H and O–H groups in total. The van der Waals surface area contributed by atoms with E-state index in [2.05, 4.69) is 11.2 Å². The van der Waals surface area contributed by atoms with Crippen LogP contribution in [0.4, 0.5) is 0 Å². The van der Waals surface area contributed by atoms with Gasteiger partial charge in [0, 0.05) is 19.3 Å². The predicted molar refractivity (Wildman–Crippen MR) is 52.3 cm³/mol. The molecule has 2 heteroatoms. The van der Waals surface area contributed by atoms with Crippen molar-refractivity contribution in [3.63, 3.8) is 0 Å². The Hall–Kier alpha value is -0.520. The fourth-order valence-corrected chi connectivity index (χ4v) is 2.26. The Morgan fingerprint density at radius 1 is 1.54 bits per heavy atom. The minimum absolute atomic E-state index is 0.215. The van der Waals surface area contributed by atoms with E-state index in [-0.39, 0.29) is 6.04 Å². The van der Waals surface area contributed by atoms with Crippen molar-refractivity contribution in [2.45, 2.75) is 38.3 Å². The van der Waals surface area contributed by atoms with Crippen LogP contribution in [0.1, 0.15) is 26.2 Å². The SMILES string of the molecule is C#CC(C)NC1CC12CCOCC2. The number of ether oxygens (including phenoxy) is 1. The molecule has 13 heavy (non-hydrogen) atoms. The Morgan fingerprint density at radius 3 is 2.85 bits per heavy atom. The van der Waals surface area contributed by atoms with Crippen LogP contribution < -0.4 is 5.32 Å². The van der Waals surface area contributed by atoms with Crippen molar-refractivity contribution in [1.82, 2.24) is 5.32 Å². The molecular formula is C11H17NO. The summed E-state index contributed by atoms with van der Waals surface area (Å²) in [6, 6.07) is 0.870. The second-order valence-corrected chi connectivity index (χ2v) is 4.29. The first-order chi connectivity index (χ1) is 6.27. The standard InChI is InChI=1S/C11H17NO/c1-3-9(2)12-10-8-11(10)4-6-13-7-5-11/h1,9-10,12H,4-8H2,2H3. The molecule has 0 aromatic heterocycles. The summed E-state index contributed by atoms with van der Waals surface area (Å²) in [4.78, 5) is 0. The van der Waals surface area contributed by atoms with Gasteiger partial charge >= 0.3 is 0 Å². The zero-order valence-electron chi connectivity index (χ0n) is 8.18. The van der Waals surface area contributed by atoms with Gasteiger partial charge < -0.3 is 10.1 Å². The Bertz CT molecular complexity index is 225. The number of hydrogen-bond donors (Lipinski definition) is 1. The highest BCUT2D eigenvalue weighted by Gasteiger charge is 2.54. The normalized spacial score (nSPS) is 32.5. The van der Waals surface area contributed by atoms with Crippen LogP contribution in [0.3, 0.4) is 0 Å². The molecule has 72 valence electrons. The highest BCUT2D eigenvalue weighted by molar-refractivity contribution is 5.11. The maximum Gasteiger partial charge on any atom is 0.0660 e. The summed E-state index contributed by atoms with van der Waals surface area (Å²) >= 11 is 0. The average molecular weight is 179 g/mol. The molecule has 1 aliphatic carbocycles. The van der Waals surface area contributed by atoms with Crippen molar-refractivity contribution in [2.24, 2.45) is 5.41 Å². The lowest BCUT2D eigenvalue weighted by Crippen LogP contribution is -2.32. The second-order valence-electron chi connectivity index (χ2n) is 4.29. The van der Waals surface area contributed by atoms with Crippen molar-refractivity contribution in [3.05, 3.63) is 0 Å². The van der Waals surface area contributed by atoms with E-state index in [1.54, 1.807) is 0 Å². The van der Waals surface area contributed by atoms with E-state index >= 15 is 0 Å². The highest BCUT2D eigenvalue weighted by Crippen LogP contribution is 2.53. The maximum absolute atomic E-state index is 5.36. The van der Waals surface area contributed by atoms with Gasteiger partial charge in [0.15, 0.2) is 0 Å². The van der Waals surface area contributed by atoms with E-state index in [9.17, 15) is 0 Å². The molecule has 1 heterocycles. The van der Waals surface area contributed by atoms with Crippen LogP contribution in [-0.4, -0.2) is 25.3 Å². The van der Waals surface area contributed by atoms with E-state index in [1.165, 1.54) is 19.3 Å². The molecule has 1 saturated heterocycles. The first-order valence-electron chi connectivity index (χ1n) is 5.07. The van der Waals surface area contributed by atoms with Crippen molar-refractivity contribution in [1.29, 1.82) is 0 Å². The summed E-state index contributed by atoms with van der Waals surface area (Å²) < 4.78 is 5.36. The third kappa shape index (κ3) is 1.72. The summed E-state index contributed by atoms with van der Waals surface area (Å²) in [5.74, 6) is 2.72. The Kier molecular flexibility index (Phi) is 2.31. The number of rotatable bonds is 2. The number of terminal acetylenes is 1. The zero-order chi connectivity index (χ0) is 9.31. The fraction of sp³-hybridized carbons (Fsp3) is 0.818. The number of nitrogens with one attached hydrogen (secondary N) is 1. The van der Waals surface area contributed by atoms with Gasteiger partial charge in [0.05, 0.1) is 6.04 Å². The van der Waals surface area contributed by atoms with E-state index in [0.717, 1.165) is 13.2 Å². The molecule has 0 amide bonds. The van der Waals surface area contributed by atoms with Gasteiger partial charge in [0.1, 0.15) is 0 Å². The fourth-order valence-electron chi connectivity index (χ4n) is 2.26. The first-order valence-corrected chi connectivity index (χ1v) is 5.07. The highest BCUT2D eigenvalue weighted by atomic mass is 16.5. The quantitative estimate of drug-likeness (QED) is 0.642. The van der Waals surface area contributed by atoms with E-state index in [0.29, 0.717) is 11.5 Å². The topological polar surface area (TPSA) is 21.3 Å². The molecule has 2 aliphatic rings. The van der Waals surface area contributed by atoms with Crippen molar-refractivity contribution in [3.8, 4) is 12.3 Å². The van der Waals surface area contributed by atoms with Gasteiger partial charge in [0.25, 0.3) is 0 Å². The third-order valence-electron chi connectivity index (χ3n) is 3.38. The van der Waals surface area contributed by atoms with Crippen LogP contribution >= 0.6 is 0 Å². The van der Waals surface area contributed by atoms with E-state index in [4.69, 9.17) is 11.2 Å². The maximum atomic E-state index is 5.36. The minimum Gasteiger partial charge on any atom is -0.381 e. The molecule has 0 bridgehead atoms. The molecule has 2 rings (SSSR count). The molecule has 1 spiro atoms. The van der Waals surface area contributed by atoms with Crippen LogP contribution in [0.2, 0.25) is 0 Å².